The van der Waals surface area contributed by atoms with E-state index in [1.165, 1.54) is 28.8 Å². The van der Waals surface area contributed by atoms with Crippen molar-refractivity contribution in [3.05, 3.63) is 54.0 Å². The lowest BCUT2D eigenvalue weighted by Crippen LogP contribution is -2.45. The van der Waals surface area contributed by atoms with E-state index >= 15 is 0 Å². The first kappa shape index (κ1) is 18.0. The van der Waals surface area contributed by atoms with Gasteiger partial charge in [-0.05, 0) is 37.1 Å². The van der Waals surface area contributed by atoms with Gasteiger partial charge in [0.15, 0.2) is 0 Å². The monoisotopic (exact) mass is 363 g/mol. The first-order chi connectivity index (χ1) is 11.9. The second-order valence-electron chi connectivity index (χ2n) is 6.41. The van der Waals surface area contributed by atoms with Crippen LogP contribution < -0.4 is 0 Å². The smallest absolute Gasteiger partial charge is 0.252 e. The van der Waals surface area contributed by atoms with Crippen molar-refractivity contribution in [2.75, 3.05) is 27.2 Å². The quantitative estimate of drug-likeness (QED) is 0.839. The Bertz CT molecular complexity index is 855. The molecule has 3 rings (SSSR count). The molecule has 1 fully saturated rings. The molecule has 1 atom stereocenters. The van der Waals surface area contributed by atoms with Crippen LogP contribution in [0.25, 0.3) is 11.3 Å². The molecule has 1 aliphatic rings. The molecule has 1 unspecified atom stereocenters. The fraction of sp³-hybridized carbons (Fsp3) is 0.389. The fourth-order valence-electron chi connectivity index (χ4n) is 3.12. The highest BCUT2D eigenvalue weighted by Gasteiger charge is 2.31. The molecule has 5 nitrogen and oxygen atoms in total. The van der Waals surface area contributed by atoms with Crippen LogP contribution in [0.2, 0.25) is 0 Å². The number of pyridine rings is 1. The zero-order valence-electron chi connectivity index (χ0n) is 14.4. The van der Waals surface area contributed by atoms with Crippen molar-refractivity contribution in [2.24, 2.45) is 0 Å². The van der Waals surface area contributed by atoms with E-state index in [0.29, 0.717) is 24.3 Å². The van der Waals surface area contributed by atoms with Crippen LogP contribution >= 0.6 is 0 Å². The lowest BCUT2D eigenvalue weighted by molar-refractivity contribution is 0.296. The Morgan fingerprint density at radius 3 is 2.64 bits per heavy atom. The molecule has 7 heteroatoms. The van der Waals surface area contributed by atoms with Crippen LogP contribution in [0.4, 0.5) is 4.39 Å². The number of hydrogen-bond acceptors (Lipinski definition) is 3. The molecule has 0 spiro atoms. The Morgan fingerprint density at radius 1 is 1.16 bits per heavy atom. The van der Waals surface area contributed by atoms with E-state index in [2.05, 4.69) is 4.98 Å². The third kappa shape index (κ3) is 3.73. The summed E-state index contributed by atoms with van der Waals surface area (Å²) in [7, 11) is -0.356. The van der Waals surface area contributed by atoms with E-state index in [1.54, 1.807) is 24.3 Å². The van der Waals surface area contributed by atoms with Gasteiger partial charge in [-0.2, -0.15) is 17.0 Å². The van der Waals surface area contributed by atoms with Gasteiger partial charge in [0.1, 0.15) is 5.82 Å². The number of halogens is 1. The van der Waals surface area contributed by atoms with Gasteiger partial charge in [-0.25, -0.2) is 4.39 Å². The third-order valence-corrected chi connectivity index (χ3v) is 6.42. The summed E-state index contributed by atoms with van der Waals surface area (Å²) in [5.74, 6) is -0.303. The molecule has 0 bridgehead atoms. The van der Waals surface area contributed by atoms with Crippen LogP contribution in [0, 0.1) is 5.82 Å². The Balaban J connectivity index is 1.87. The predicted octanol–water partition coefficient (Wildman–Crippen LogP) is 2.87. The predicted molar refractivity (Wildman–Crippen MR) is 95.8 cm³/mol. The van der Waals surface area contributed by atoms with Crippen LogP contribution in [-0.2, 0) is 10.2 Å². The van der Waals surface area contributed by atoms with Crippen LogP contribution in [0.1, 0.15) is 24.5 Å². The van der Waals surface area contributed by atoms with Crippen molar-refractivity contribution >= 4 is 10.2 Å². The second kappa shape index (κ2) is 7.19. The van der Waals surface area contributed by atoms with Gasteiger partial charge in [0.05, 0.1) is 5.69 Å². The average Bonchev–Trinajstić information content (AvgIpc) is 2.62. The molecular weight excluding hydrogens is 341 g/mol. The molecule has 0 N–H and O–H groups in total. The van der Waals surface area contributed by atoms with Gasteiger partial charge in [0.25, 0.3) is 10.2 Å². The van der Waals surface area contributed by atoms with E-state index in [0.717, 1.165) is 18.5 Å². The molecule has 1 aliphatic heterocycles. The number of hydrogen-bond donors (Lipinski definition) is 0. The van der Waals surface area contributed by atoms with Crippen molar-refractivity contribution in [1.82, 2.24) is 13.6 Å². The number of aromatic nitrogens is 1. The molecule has 0 aliphatic carbocycles. The lowest BCUT2D eigenvalue weighted by Gasteiger charge is -2.33. The van der Waals surface area contributed by atoms with E-state index in [9.17, 15) is 12.8 Å². The average molecular weight is 363 g/mol. The Kier molecular flexibility index (Phi) is 5.17. The molecule has 0 saturated carbocycles. The summed E-state index contributed by atoms with van der Waals surface area (Å²) in [5, 5.41) is 0. The van der Waals surface area contributed by atoms with Crippen LogP contribution in [-0.4, -0.2) is 49.2 Å². The first-order valence-electron chi connectivity index (χ1n) is 8.29. The number of rotatable bonds is 4. The van der Waals surface area contributed by atoms with E-state index in [-0.39, 0.29) is 11.7 Å². The Morgan fingerprint density at radius 2 is 1.92 bits per heavy atom. The summed E-state index contributed by atoms with van der Waals surface area (Å²) < 4.78 is 41.5. The summed E-state index contributed by atoms with van der Waals surface area (Å²) in [5.41, 5.74) is 1.83. The summed E-state index contributed by atoms with van der Waals surface area (Å²) in [6, 6.07) is 12.1. The Hall–Kier alpha value is -1.83. The minimum Gasteiger partial charge on any atom is -0.252 e. The zero-order chi connectivity index (χ0) is 18.0. The molecule has 2 aromatic rings. The largest absolute Gasteiger partial charge is 0.281 e. The lowest BCUT2D eigenvalue weighted by atomic mass is 9.95. The van der Waals surface area contributed by atoms with Crippen molar-refractivity contribution in [2.45, 2.75) is 18.8 Å². The molecule has 25 heavy (non-hydrogen) atoms. The third-order valence-electron chi connectivity index (χ3n) is 4.51. The molecule has 2 heterocycles. The fourth-order valence-corrected chi connectivity index (χ4v) is 4.31. The highest BCUT2D eigenvalue weighted by molar-refractivity contribution is 7.86. The Labute approximate surface area is 148 Å². The summed E-state index contributed by atoms with van der Waals surface area (Å²) in [6.45, 7) is 0.915. The van der Waals surface area contributed by atoms with E-state index < -0.39 is 10.2 Å². The van der Waals surface area contributed by atoms with Crippen molar-refractivity contribution in [1.29, 1.82) is 0 Å². The normalized spacial score (nSPS) is 19.3. The maximum Gasteiger partial charge on any atom is 0.281 e. The summed E-state index contributed by atoms with van der Waals surface area (Å²) in [4.78, 5) is 4.61. The highest BCUT2D eigenvalue weighted by Crippen LogP contribution is 2.29. The minimum atomic E-state index is -3.43. The van der Waals surface area contributed by atoms with Gasteiger partial charge in [0.2, 0.25) is 0 Å². The molecule has 1 aromatic carbocycles. The maximum absolute atomic E-state index is 14.0. The second-order valence-corrected chi connectivity index (χ2v) is 8.56. The topological polar surface area (TPSA) is 53.5 Å². The number of benzene rings is 1. The molecule has 0 radical (unpaired) electrons. The van der Waals surface area contributed by atoms with E-state index in [1.807, 2.05) is 12.1 Å². The zero-order valence-corrected chi connectivity index (χ0v) is 15.2. The molecule has 134 valence electrons. The van der Waals surface area contributed by atoms with Gasteiger partial charge in [-0.15, -0.1) is 0 Å². The van der Waals surface area contributed by atoms with Crippen LogP contribution in [0.3, 0.4) is 0 Å². The molecule has 1 aromatic heterocycles. The van der Waals surface area contributed by atoms with Crippen LogP contribution in [0.15, 0.2) is 42.5 Å². The van der Waals surface area contributed by atoms with Gasteiger partial charge in [-0.1, -0.05) is 18.2 Å². The summed E-state index contributed by atoms with van der Waals surface area (Å²) in [6.07, 6.45) is 1.65. The van der Waals surface area contributed by atoms with Crippen molar-refractivity contribution < 1.29 is 12.8 Å². The van der Waals surface area contributed by atoms with Gasteiger partial charge in [0, 0.05) is 44.4 Å². The molecular formula is C18H22FN3O2S. The van der Waals surface area contributed by atoms with E-state index in [4.69, 9.17) is 0 Å². The van der Waals surface area contributed by atoms with Crippen molar-refractivity contribution in [3.8, 4) is 11.3 Å². The van der Waals surface area contributed by atoms with Crippen LogP contribution in [0.5, 0.6) is 0 Å². The maximum atomic E-state index is 14.0. The SMILES string of the molecule is CN(C)S(=O)(=O)N1CCCC(c2cccc(-c3ccccc3F)n2)C1. The first-order valence-corrected chi connectivity index (χ1v) is 9.69. The summed E-state index contributed by atoms with van der Waals surface area (Å²) >= 11 is 0. The molecule has 1 saturated heterocycles. The minimum absolute atomic E-state index is 0.00944. The van der Waals surface area contributed by atoms with Gasteiger partial charge < -0.3 is 0 Å². The highest BCUT2D eigenvalue weighted by atomic mass is 32.2. The standard InChI is InChI=1S/C18H22FN3O2S/c1-21(2)25(23,24)22-12-6-7-14(13-22)17-10-5-11-18(20-17)15-8-3-4-9-16(15)19/h3-5,8-11,14H,6-7,12-13H2,1-2H3. The molecule has 0 amide bonds. The number of piperidine rings is 1. The van der Waals surface area contributed by atoms with Crippen molar-refractivity contribution in [3.63, 3.8) is 0 Å². The van der Waals surface area contributed by atoms with Gasteiger partial charge >= 0.3 is 0 Å². The number of nitrogens with zero attached hydrogens (tertiary/aromatic N) is 3. The van der Waals surface area contributed by atoms with Gasteiger partial charge in [-0.3, -0.25) is 4.98 Å².